The van der Waals surface area contributed by atoms with E-state index in [0.29, 0.717) is 17.2 Å². The molecule has 0 atom stereocenters. The van der Waals surface area contributed by atoms with Crippen LogP contribution in [0.5, 0.6) is 5.75 Å². The fourth-order valence-corrected chi connectivity index (χ4v) is 2.28. The van der Waals surface area contributed by atoms with Crippen molar-refractivity contribution in [3.63, 3.8) is 0 Å². The fraction of sp³-hybridized carbons (Fsp3) is 0.263. The molecule has 2 aromatic carbocycles. The number of carbonyl (C=O) groups excluding carboxylic acids is 2. The second kappa shape index (κ2) is 8.15. The number of nitrogens with one attached hydrogen (secondary N) is 1. The van der Waals surface area contributed by atoms with Gasteiger partial charge in [-0.25, -0.2) is 4.79 Å². The highest BCUT2D eigenvalue weighted by Crippen LogP contribution is 2.23. The third kappa shape index (κ3) is 4.59. The summed E-state index contributed by atoms with van der Waals surface area (Å²) >= 11 is 0. The molecule has 0 bridgehead atoms. The van der Waals surface area contributed by atoms with Gasteiger partial charge in [0.2, 0.25) is 0 Å². The highest BCUT2D eigenvalue weighted by molar-refractivity contribution is 5.93. The quantitative estimate of drug-likeness (QED) is 0.823. The number of methoxy groups -OCH3 is 1. The summed E-state index contributed by atoms with van der Waals surface area (Å²) in [6, 6.07) is 14.2. The number of para-hydroxylation sites is 1. The zero-order chi connectivity index (χ0) is 17.5. The average Bonchev–Trinajstić information content (AvgIpc) is 2.59. The van der Waals surface area contributed by atoms with E-state index in [1.165, 1.54) is 7.11 Å². The fourth-order valence-electron chi connectivity index (χ4n) is 2.28. The van der Waals surface area contributed by atoms with Crippen molar-refractivity contribution >= 4 is 17.6 Å². The minimum atomic E-state index is -0.448. The lowest BCUT2D eigenvalue weighted by molar-refractivity contribution is -0.118. The monoisotopic (exact) mass is 327 g/mol. The summed E-state index contributed by atoms with van der Waals surface area (Å²) < 4.78 is 10.1. The maximum absolute atomic E-state index is 12.1. The molecule has 0 aromatic heterocycles. The van der Waals surface area contributed by atoms with E-state index in [1.54, 1.807) is 24.3 Å². The normalized spacial score (nSPS) is 10.3. The first-order valence-corrected chi connectivity index (χ1v) is 7.71. The van der Waals surface area contributed by atoms with Gasteiger partial charge in [-0.3, -0.25) is 4.79 Å². The first kappa shape index (κ1) is 17.5. The molecule has 2 rings (SSSR count). The Hall–Kier alpha value is -2.82. The number of hydrogen-bond donors (Lipinski definition) is 1. The zero-order valence-corrected chi connectivity index (χ0v) is 14.0. The minimum absolute atomic E-state index is 0.142. The van der Waals surface area contributed by atoms with E-state index < -0.39 is 5.97 Å². The van der Waals surface area contributed by atoms with E-state index in [-0.39, 0.29) is 12.5 Å². The standard InChI is InChI=1S/C19H21NO4/c1-13(2)16-9-4-5-10-17(16)20-18(21)12-24-15-8-6-7-14(11-15)19(22)23-3/h4-11,13H,12H2,1-3H3,(H,20,21). The molecular weight excluding hydrogens is 306 g/mol. The molecule has 0 aliphatic heterocycles. The van der Waals surface area contributed by atoms with Gasteiger partial charge in [-0.05, 0) is 35.7 Å². The van der Waals surface area contributed by atoms with Crippen molar-refractivity contribution in [2.45, 2.75) is 19.8 Å². The molecule has 2 aromatic rings. The number of rotatable bonds is 6. The number of benzene rings is 2. The van der Waals surface area contributed by atoms with E-state index in [1.807, 2.05) is 24.3 Å². The smallest absolute Gasteiger partial charge is 0.337 e. The highest BCUT2D eigenvalue weighted by atomic mass is 16.5. The predicted molar refractivity (Wildman–Crippen MR) is 92.4 cm³/mol. The third-order valence-corrected chi connectivity index (χ3v) is 3.48. The van der Waals surface area contributed by atoms with Gasteiger partial charge in [0.15, 0.2) is 6.61 Å². The van der Waals surface area contributed by atoms with Crippen molar-refractivity contribution in [2.24, 2.45) is 0 Å². The number of carbonyl (C=O) groups is 2. The summed E-state index contributed by atoms with van der Waals surface area (Å²) in [5, 5.41) is 2.86. The summed E-state index contributed by atoms with van der Waals surface area (Å²) in [6.07, 6.45) is 0. The molecule has 126 valence electrons. The molecule has 24 heavy (non-hydrogen) atoms. The largest absolute Gasteiger partial charge is 0.484 e. The molecule has 0 heterocycles. The molecule has 0 aliphatic rings. The van der Waals surface area contributed by atoms with Crippen LogP contribution in [0.1, 0.15) is 35.7 Å². The van der Waals surface area contributed by atoms with Crippen LogP contribution in [-0.4, -0.2) is 25.6 Å². The maximum atomic E-state index is 12.1. The van der Waals surface area contributed by atoms with Crippen LogP contribution >= 0.6 is 0 Å². The van der Waals surface area contributed by atoms with Crippen LogP contribution in [0.3, 0.4) is 0 Å². The van der Waals surface area contributed by atoms with Crippen molar-refractivity contribution in [1.82, 2.24) is 0 Å². The van der Waals surface area contributed by atoms with Gasteiger partial charge in [-0.15, -0.1) is 0 Å². The topological polar surface area (TPSA) is 64.6 Å². The van der Waals surface area contributed by atoms with E-state index >= 15 is 0 Å². The van der Waals surface area contributed by atoms with Gasteiger partial charge in [-0.2, -0.15) is 0 Å². The number of amides is 1. The van der Waals surface area contributed by atoms with Gasteiger partial charge in [0.25, 0.3) is 5.91 Å². The number of hydrogen-bond acceptors (Lipinski definition) is 4. The van der Waals surface area contributed by atoms with Crippen molar-refractivity contribution in [3.05, 3.63) is 59.7 Å². The molecule has 0 unspecified atom stereocenters. The van der Waals surface area contributed by atoms with E-state index in [0.717, 1.165) is 11.3 Å². The predicted octanol–water partition coefficient (Wildman–Crippen LogP) is 3.61. The molecule has 0 spiro atoms. The molecule has 0 aliphatic carbocycles. The van der Waals surface area contributed by atoms with E-state index in [4.69, 9.17) is 4.74 Å². The zero-order valence-electron chi connectivity index (χ0n) is 14.0. The van der Waals surface area contributed by atoms with Crippen molar-refractivity contribution in [3.8, 4) is 5.75 Å². The van der Waals surface area contributed by atoms with Crippen LogP contribution in [0.25, 0.3) is 0 Å². The van der Waals surface area contributed by atoms with Crippen molar-refractivity contribution < 1.29 is 19.1 Å². The van der Waals surface area contributed by atoms with Gasteiger partial charge in [0.1, 0.15) is 5.75 Å². The molecule has 5 nitrogen and oxygen atoms in total. The molecule has 5 heteroatoms. The van der Waals surface area contributed by atoms with Gasteiger partial charge in [0.05, 0.1) is 12.7 Å². The second-order valence-electron chi connectivity index (χ2n) is 5.60. The Morgan fingerprint density at radius 2 is 1.83 bits per heavy atom. The molecular formula is C19H21NO4. The molecule has 0 saturated carbocycles. The average molecular weight is 327 g/mol. The lowest BCUT2D eigenvalue weighted by Gasteiger charge is -2.14. The first-order valence-electron chi connectivity index (χ1n) is 7.71. The van der Waals surface area contributed by atoms with Crippen LogP contribution in [0.4, 0.5) is 5.69 Å². The summed E-state index contributed by atoms with van der Waals surface area (Å²) in [7, 11) is 1.31. The lowest BCUT2D eigenvalue weighted by Crippen LogP contribution is -2.21. The Kier molecular flexibility index (Phi) is 5.95. The molecule has 1 N–H and O–H groups in total. The summed E-state index contributed by atoms with van der Waals surface area (Å²) in [6.45, 7) is 4.00. The number of anilines is 1. The number of ether oxygens (including phenoxy) is 2. The number of esters is 1. The summed E-state index contributed by atoms with van der Waals surface area (Å²) in [5.41, 5.74) is 2.23. The van der Waals surface area contributed by atoms with Crippen LogP contribution < -0.4 is 10.1 Å². The van der Waals surface area contributed by atoms with Gasteiger partial charge >= 0.3 is 5.97 Å². The Labute approximate surface area is 141 Å². The van der Waals surface area contributed by atoms with Gasteiger partial charge in [0, 0.05) is 5.69 Å². The molecule has 1 amide bonds. The third-order valence-electron chi connectivity index (χ3n) is 3.48. The van der Waals surface area contributed by atoms with Crippen LogP contribution in [-0.2, 0) is 9.53 Å². The van der Waals surface area contributed by atoms with Gasteiger partial charge < -0.3 is 14.8 Å². The van der Waals surface area contributed by atoms with E-state index in [9.17, 15) is 9.59 Å². The van der Waals surface area contributed by atoms with Crippen molar-refractivity contribution in [2.75, 3.05) is 19.0 Å². The Balaban J connectivity index is 1.98. The van der Waals surface area contributed by atoms with Gasteiger partial charge in [-0.1, -0.05) is 38.1 Å². The lowest BCUT2D eigenvalue weighted by atomic mass is 10.0. The second-order valence-corrected chi connectivity index (χ2v) is 5.60. The van der Waals surface area contributed by atoms with Crippen LogP contribution in [0.2, 0.25) is 0 Å². The minimum Gasteiger partial charge on any atom is -0.484 e. The summed E-state index contributed by atoms with van der Waals surface area (Å²) in [5.74, 6) is 0.0340. The molecule has 0 fully saturated rings. The Bertz CT molecular complexity index is 725. The molecule has 0 saturated heterocycles. The van der Waals surface area contributed by atoms with Crippen molar-refractivity contribution in [1.29, 1.82) is 0 Å². The molecule has 0 radical (unpaired) electrons. The summed E-state index contributed by atoms with van der Waals surface area (Å²) in [4.78, 5) is 23.6. The van der Waals surface area contributed by atoms with Crippen LogP contribution in [0, 0.1) is 0 Å². The Morgan fingerprint density at radius 3 is 2.54 bits per heavy atom. The maximum Gasteiger partial charge on any atom is 0.337 e. The Morgan fingerprint density at radius 1 is 1.08 bits per heavy atom. The van der Waals surface area contributed by atoms with Crippen LogP contribution in [0.15, 0.2) is 48.5 Å². The first-order chi connectivity index (χ1) is 11.5. The highest BCUT2D eigenvalue weighted by Gasteiger charge is 2.11. The SMILES string of the molecule is COC(=O)c1cccc(OCC(=O)Nc2ccccc2C(C)C)c1. The van der Waals surface area contributed by atoms with E-state index in [2.05, 4.69) is 23.9 Å².